The molecule has 5 nitrogen and oxygen atoms in total. The Morgan fingerprint density at radius 1 is 1.00 bits per heavy atom. The van der Waals surface area contributed by atoms with Crippen LogP contribution in [0.25, 0.3) is 0 Å². The summed E-state index contributed by atoms with van der Waals surface area (Å²) in [6.45, 7) is 3.59. The molecule has 180 valence electrons. The van der Waals surface area contributed by atoms with E-state index in [2.05, 4.69) is 50.2 Å². The van der Waals surface area contributed by atoms with Gasteiger partial charge >= 0.3 is 0 Å². The number of rotatable bonds is 2. The van der Waals surface area contributed by atoms with Crippen molar-refractivity contribution in [1.82, 2.24) is 0 Å². The number of anilines is 1. The highest BCUT2D eigenvalue weighted by Crippen LogP contribution is 2.65. The van der Waals surface area contributed by atoms with Crippen molar-refractivity contribution in [3.63, 3.8) is 0 Å². The van der Waals surface area contributed by atoms with Crippen molar-refractivity contribution in [2.75, 3.05) is 32.2 Å². The molecule has 6 atom stereocenters. The molecule has 1 aliphatic heterocycles. The Balaban J connectivity index is 1.45. The number of hydrogen-bond donors (Lipinski definition) is 2. The molecular weight excluding hydrogens is 414 g/mol. The van der Waals surface area contributed by atoms with Crippen molar-refractivity contribution < 1.29 is 19.7 Å². The molecule has 0 bridgehead atoms. The zero-order chi connectivity index (χ0) is 23.0. The van der Waals surface area contributed by atoms with Crippen molar-refractivity contribution in [3.05, 3.63) is 41.0 Å². The van der Waals surface area contributed by atoms with E-state index in [-0.39, 0.29) is 17.4 Å². The summed E-state index contributed by atoms with van der Waals surface area (Å²) in [5, 5.41) is 23.1. The first-order chi connectivity index (χ1) is 15.7. The quantitative estimate of drug-likeness (QED) is 0.651. The van der Waals surface area contributed by atoms with Gasteiger partial charge in [0.05, 0.1) is 24.9 Å². The standard InChI is InChI=1S/C28H39NO4/c1-26-16-21(18-4-6-19(7-5-18)29(2)3)25-20(22(26)8-9-24(26)30)10-12-27(31)17-28(13-11-23(25)27)32-14-15-33-28/h4-7,20-22,24,30-31H,8-17H2,1-3H3/t20-,21?,22-,24?,26-,27?/m0/s1. The molecular formula is C28H39NO4. The van der Waals surface area contributed by atoms with Crippen LogP contribution < -0.4 is 4.90 Å². The van der Waals surface area contributed by atoms with Crippen LogP contribution in [0, 0.1) is 17.3 Å². The number of benzene rings is 1. The topological polar surface area (TPSA) is 62.2 Å². The van der Waals surface area contributed by atoms with Crippen molar-refractivity contribution in [3.8, 4) is 0 Å². The van der Waals surface area contributed by atoms with Gasteiger partial charge in [0, 0.05) is 38.5 Å². The molecule has 33 heavy (non-hydrogen) atoms. The van der Waals surface area contributed by atoms with Crippen LogP contribution in [0.1, 0.15) is 69.8 Å². The number of fused-ring (bicyclic) bond motifs is 4. The van der Waals surface area contributed by atoms with Gasteiger partial charge in [-0.1, -0.05) is 24.6 Å². The van der Waals surface area contributed by atoms with Crippen LogP contribution in [0.3, 0.4) is 0 Å². The van der Waals surface area contributed by atoms with Crippen LogP contribution in [0.4, 0.5) is 5.69 Å². The average molecular weight is 454 g/mol. The number of ether oxygens (including phenoxy) is 2. The molecule has 1 aromatic rings. The molecule has 5 heteroatoms. The first-order valence-electron chi connectivity index (χ1n) is 12.9. The summed E-state index contributed by atoms with van der Waals surface area (Å²) >= 11 is 0. The fraction of sp³-hybridized carbons (Fsp3) is 0.714. The van der Waals surface area contributed by atoms with Gasteiger partial charge in [-0.15, -0.1) is 0 Å². The molecule has 3 unspecified atom stereocenters. The maximum absolute atomic E-state index is 12.0. The zero-order valence-electron chi connectivity index (χ0n) is 20.3. The van der Waals surface area contributed by atoms with E-state index in [1.807, 2.05) is 0 Å². The Labute approximate surface area is 197 Å². The molecule has 0 aromatic heterocycles. The average Bonchev–Trinajstić information content (AvgIpc) is 3.36. The summed E-state index contributed by atoms with van der Waals surface area (Å²) in [7, 11) is 4.14. The van der Waals surface area contributed by atoms with Crippen LogP contribution in [0.2, 0.25) is 0 Å². The van der Waals surface area contributed by atoms with Crippen LogP contribution in [-0.2, 0) is 9.47 Å². The van der Waals surface area contributed by atoms with Gasteiger partial charge in [-0.2, -0.15) is 0 Å². The fourth-order valence-corrected chi connectivity index (χ4v) is 8.29. The van der Waals surface area contributed by atoms with Gasteiger partial charge in [-0.3, -0.25) is 0 Å². The Hall–Kier alpha value is -1.40. The minimum Gasteiger partial charge on any atom is -0.393 e. The van der Waals surface area contributed by atoms with Gasteiger partial charge in [-0.05, 0) is 79.0 Å². The van der Waals surface area contributed by atoms with E-state index in [4.69, 9.17) is 9.47 Å². The third-order valence-electron chi connectivity index (χ3n) is 9.99. The lowest BCUT2D eigenvalue weighted by atomic mass is 9.51. The molecule has 4 aliphatic carbocycles. The summed E-state index contributed by atoms with van der Waals surface area (Å²) in [6, 6.07) is 8.97. The molecule has 5 aliphatic rings. The van der Waals surface area contributed by atoms with Gasteiger partial charge in [-0.25, -0.2) is 0 Å². The number of nitrogens with zero attached hydrogens (tertiary/aromatic N) is 1. The summed E-state index contributed by atoms with van der Waals surface area (Å²) in [5.74, 6) is 0.615. The Morgan fingerprint density at radius 2 is 1.73 bits per heavy atom. The van der Waals surface area contributed by atoms with Crippen LogP contribution >= 0.6 is 0 Å². The number of allylic oxidation sites excluding steroid dienone is 1. The van der Waals surface area contributed by atoms with E-state index in [0.717, 1.165) is 44.9 Å². The maximum Gasteiger partial charge on any atom is 0.171 e. The van der Waals surface area contributed by atoms with Crippen molar-refractivity contribution >= 4 is 5.69 Å². The summed E-state index contributed by atoms with van der Waals surface area (Å²) in [6.07, 6.45) is 6.74. The molecule has 1 spiro atoms. The predicted molar refractivity (Wildman–Crippen MR) is 128 cm³/mol. The fourth-order valence-electron chi connectivity index (χ4n) is 8.29. The second-order valence-corrected chi connectivity index (χ2v) is 11.8. The molecule has 3 saturated carbocycles. The number of aliphatic hydroxyl groups is 2. The summed E-state index contributed by atoms with van der Waals surface area (Å²) < 4.78 is 12.1. The normalized spacial score (nSPS) is 41.6. The minimum atomic E-state index is -0.832. The number of hydrogen-bond acceptors (Lipinski definition) is 5. The molecule has 0 radical (unpaired) electrons. The van der Waals surface area contributed by atoms with Gasteiger partial charge in [0.1, 0.15) is 0 Å². The second kappa shape index (κ2) is 7.55. The summed E-state index contributed by atoms with van der Waals surface area (Å²) in [4.78, 5) is 2.13. The molecule has 4 fully saturated rings. The lowest BCUT2D eigenvalue weighted by molar-refractivity contribution is -0.208. The molecule has 2 N–H and O–H groups in total. The van der Waals surface area contributed by atoms with Crippen molar-refractivity contribution in [2.45, 2.75) is 81.7 Å². The van der Waals surface area contributed by atoms with E-state index in [9.17, 15) is 10.2 Å². The van der Waals surface area contributed by atoms with Crippen molar-refractivity contribution in [1.29, 1.82) is 0 Å². The second-order valence-electron chi connectivity index (χ2n) is 11.8. The van der Waals surface area contributed by atoms with Gasteiger partial charge < -0.3 is 24.6 Å². The van der Waals surface area contributed by atoms with Crippen LogP contribution in [0.5, 0.6) is 0 Å². The highest BCUT2D eigenvalue weighted by Gasteiger charge is 2.60. The van der Waals surface area contributed by atoms with Crippen LogP contribution in [-0.4, -0.2) is 55.0 Å². The zero-order valence-corrected chi connectivity index (χ0v) is 20.3. The highest BCUT2D eigenvalue weighted by atomic mass is 16.7. The number of aliphatic hydroxyl groups excluding tert-OH is 1. The first-order valence-corrected chi connectivity index (χ1v) is 12.9. The molecule has 1 aromatic carbocycles. The summed E-state index contributed by atoms with van der Waals surface area (Å²) in [5.41, 5.74) is 4.40. The largest absolute Gasteiger partial charge is 0.393 e. The van der Waals surface area contributed by atoms with E-state index in [1.165, 1.54) is 22.4 Å². The van der Waals surface area contributed by atoms with Gasteiger partial charge in [0.15, 0.2) is 5.79 Å². The third kappa shape index (κ3) is 3.26. The molecule has 1 heterocycles. The highest BCUT2D eigenvalue weighted by molar-refractivity contribution is 5.50. The molecule has 6 rings (SSSR count). The van der Waals surface area contributed by atoms with Gasteiger partial charge in [0.25, 0.3) is 0 Å². The Bertz CT molecular complexity index is 949. The van der Waals surface area contributed by atoms with E-state index in [0.29, 0.717) is 31.5 Å². The SMILES string of the molecule is CN(C)c1ccc(C2C[C@]3(C)C(O)CC[C@H]3[C@@H]3CCC4(O)CC5(CCC4=C23)OCCO5)cc1. The maximum atomic E-state index is 12.0. The van der Waals surface area contributed by atoms with Crippen LogP contribution in [0.15, 0.2) is 35.4 Å². The smallest absolute Gasteiger partial charge is 0.171 e. The van der Waals surface area contributed by atoms with E-state index >= 15 is 0 Å². The predicted octanol–water partition coefficient (Wildman–Crippen LogP) is 4.38. The minimum absolute atomic E-state index is 0.0529. The van der Waals surface area contributed by atoms with Gasteiger partial charge in [0.2, 0.25) is 0 Å². The first kappa shape index (κ1) is 22.1. The Morgan fingerprint density at radius 3 is 2.42 bits per heavy atom. The van der Waals surface area contributed by atoms with E-state index < -0.39 is 11.4 Å². The monoisotopic (exact) mass is 453 g/mol. The molecule has 0 amide bonds. The Kier molecular flexibility index (Phi) is 5.05. The third-order valence-corrected chi connectivity index (χ3v) is 9.99. The lowest BCUT2D eigenvalue weighted by Crippen LogP contribution is -2.53. The van der Waals surface area contributed by atoms with E-state index in [1.54, 1.807) is 0 Å². The van der Waals surface area contributed by atoms with Crippen molar-refractivity contribution in [2.24, 2.45) is 17.3 Å². The molecule has 1 saturated heterocycles. The lowest BCUT2D eigenvalue weighted by Gasteiger charge is -2.56.